The van der Waals surface area contributed by atoms with Crippen LogP contribution < -0.4 is 0 Å². The molecule has 0 aliphatic carbocycles. The van der Waals surface area contributed by atoms with Crippen molar-refractivity contribution in [1.29, 1.82) is 0 Å². The molecular formula is C12H17Cl3. The highest BCUT2D eigenvalue weighted by Gasteiger charge is 1.98. The predicted molar refractivity (Wildman–Crippen MR) is 71.3 cm³/mol. The number of unbranched alkanes of at least 4 members (excludes halogenated alkanes) is 3. The van der Waals surface area contributed by atoms with Crippen molar-refractivity contribution in [3.63, 3.8) is 0 Å². The molecule has 0 heterocycles. The van der Waals surface area contributed by atoms with Crippen molar-refractivity contribution in [1.82, 2.24) is 0 Å². The van der Waals surface area contributed by atoms with Crippen molar-refractivity contribution in [2.75, 3.05) is 0 Å². The van der Waals surface area contributed by atoms with Gasteiger partial charge in [0.25, 0.3) is 0 Å². The Balaban J connectivity index is 0.000000288. The minimum absolute atomic E-state index is 0.417. The van der Waals surface area contributed by atoms with Crippen LogP contribution in [-0.2, 0) is 0 Å². The SMILES string of the molecule is CCCCCC.Clc1cccc(Cl)c1Cl. The van der Waals surface area contributed by atoms with Crippen LogP contribution in [0, 0.1) is 0 Å². The molecule has 1 aromatic rings. The molecule has 0 radical (unpaired) electrons. The summed E-state index contributed by atoms with van der Waals surface area (Å²) in [5.74, 6) is 0. The van der Waals surface area contributed by atoms with Crippen LogP contribution in [0.2, 0.25) is 15.1 Å². The van der Waals surface area contributed by atoms with Crippen molar-refractivity contribution in [2.45, 2.75) is 39.5 Å². The standard InChI is InChI=1S/C6H3Cl3.C6H14/c7-4-2-1-3-5(8)6(4)9;1-3-5-6-4-2/h1-3H;3-6H2,1-2H3. The van der Waals surface area contributed by atoms with Crippen LogP contribution in [0.25, 0.3) is 0 Å². The molecule has 0 aliphatic heterocycles. The van der Waals surface area contributed by atoms with E-state index in [2.05, 4.69) is 13.8 Å². The third-order valence-electron chi connectivity index (χ3n) is 1.86. The van der Waals surface area contributed by atoms with Crippen LogP contribution in [0.3, 0.4) is 0 Å². The number of rotatable bonds is 3. The Hall–Kier alpha value is 0.0900. The Labute approximate surface area is 108 Å². The summed E-state index contributed by atoms with van der Waals surface area (Å²) in [5.41, 5.74) is 0. The Bertz CT molecular complexity index is 247. The normalized spacial score (nSPS) is 9.40. The summed E-state index contributed by atoms with van der Waals surface area (Å²) in [4.78, 5) is 0. The summed E-state index contributed by atoms with van der Waals surface area (Å²) in [5, 5.41) is 1.40. The van der Waals surface area contributed by atoms with Crippen molar-refractivity contribution >= 4 is 34.8 Å². The maximum Gasteiger partial charge on any atom is 0.0778 e. The van der Waals surface area contributed by atoms with Gasteiger partial charge in [0.05, 0.1) is 15.1 Å². The Morgan fingerprint density at radius 2 is 1.27 bits per heavy atom. The third kappa shape index (κ3) is 7.05. The quantitative estimate of drug-likeness (QED) is 0.449. The van der Waals surface area contributed by atoms with E-state index < -0.39 is 0 Å². The molecule has 15 heavy (non-hydrogen) atoms. The summed E-state index contributed by atoms with van der Waals surface area (Å²) in [6.45, 7) is 4.46. The first-order valence-electron chi connectivity index (χ1n) is 5.23. The fraction of sp³-hybridized carbons (Fsp3) is 0.500. The van der Waals surface area contributed by atoms with Crippen LogP contribution in [-0.4, -0.2) is 0 Å². The summed E-state index contributed by atoms with van der Waals surface area (Å²) in [7, 11) is 0. The highest BCUT2D eigenvalue weighted by molar-refractivity contribution is 6.47. The van der Waals surface area contributed by atoms with Gasteiger partial charge in [0.2, 0.25) is 0 Å². The minimum Gasteiger partial charge on any atom is -0.0827 e. The minimum atomic E-state index is 0.417. The summed E-state index contributed by atoms with van der Waals surface area (Å²) >= 11 is 16.8. The smallest absolute Gasteiger partial charge is 0.0778 e. The second-order valence-electron chi connectivity index (χ2n) is 3.24. The topological polar surface area (TPSA) is 0 Å². The molecule has 0 saturated carbocycles. The lowest BCUT2D eigenvalue weighted by atomic mass is 10.2. The molecule has 1 rings (SSSR count). The van der Waals surface area contributed by atoms with Gasteiger partial charge in [0, 0.05) is 0 Å². The van der Waals surface area contributed by atoms with Gasteiger partial charge in [-0.15, -0.1) is 0 Å². The predicted octanol–water partition coefficient (Wildman–Crippen LogP) is 6.23. The number of halogens is 3. The zero-order valence-electron chi connectivity index (χ0n) is 9.19. The fourth-order valence-electron chi connectivity index (χ4n) is 0.977. The molecule has 0 aliphatic rings. The van der Waals surface area contributed by atoms with Crippen LogP contribution in [0.1, 0.15) is 39.5 Å². The molecule has 0 fully saturated rings. The van der Waals surface area contributed by atoms with E-state index in [0.717, 1.165) is 0 Å². The van der Waals surface area contributed by atoms with E-state index in [1.807, 2.05) is 0 Å². The molecule has 0 saturated heterocycles. The molecule has 86 valence electrons. The van der Waals surface area contributed by atoms with E-state index in [9.17, 15) is 0 Å². The maximum atomic E-state index is 5.61. The highest BCUT2D eigenvalue weighted by Crippen LogP contribution is 2.28. The summed E-state index contributed by atoms with van der Waals surface area (Å²) < 4.78 is 0. The van der Waals surface area contributed by atoms with Crippen molar-refractivity contribution < 1.29 is 0 Å². The van der Waals surface area contributed by atoms with E-state index in [1.54, 1.807) is 18.2 Å². The molecule has 0 amide bonds. The fourth-order valence-corrected chi connectivity index (χ4v) is 1.50. The van der Waals surface area contributed by atoms with Crippen molar-refractivity contribution in [3.05, 3.63) is 33.3 Å². The lowest BCUT2D eigenvalue weighted by Gasteiger charge is -1.94. The summed E-state index contributed by atoms with van der Waals surface area (Å²) in [6, 6.07) is 5.13. The average molecular weight is 268 g/mol. The summed E-state index contributed by atoms with van der Waals surface area (Å²) in [6.07, 6.45) is 5.54. The zero-order chi connectivity index (χ0) is 11.7. The Morgan fingerprint density at radius 1 is 0.867 bits per heavy atom. The van der Waals surface area contributed by atoms with Gasteiger partial charge in [-0.3, -0.25) is 0 Å². The molecule has 0 unspecified atom stereocenters. The van der Waals surface area contributed by atoms with Crippen LogP contribution >= 0.6 is 34.8 Å². The molecule has 0 atom stereocenters. The monoisotopic (exact) mass is 266 g/mol. The van der Waals surface area contributed by atoms with Gasteiger partial charge in [-0.05, 0) is 12.1 Å². The Morgan fingerprint density at radius 3 is 1.53 bits per heavy atom. The molecule has 0 aromatic heterocycles. The van der Waals surface area contributed by atoms with Crippen LogP contribution in [0.5, 0.6) is 0 Å². The third-order valence-corrected chi connectivity index (χ3v) is 3.09. The number of hydrogen-bond acceptors (Lipinski definition) is 0. The molecule has 0 spiro atoms. The van der Waals surface area contributed by atoms with E-state index in [-0.39, 0.29) is 0 Å². The van der Waals surface area contributed by atoms with Crippen LogP contribution in [0.15, 0.2) is 18.2 Å². The van der Waals surface area contributed by atoms with Crippen molar-refractivity contribution in [2.24, 2.45) is 0 Å². The first-order valence-corrected chi connectivity index (χ1v) is 6.36. The number of hydrogen-bond donors (Lipinski definition) is 0. The van der Waals surface area contributed by atoms with Gasteiger partial charge in [0.1, 0.15) is 0 Å². The molecule has 1 aromatic carbocycles. The highest BCUT2D eigenvalue weighted by atomic mass is 35.5. The molecule has 0 nitrogen and oxygen atoms in total. The second kappa shape index (κ2) is 9.33. The maximum absolute atomic E-state index is 5.61. The lowest BCUT2D eigenvalue weighted by molar-refractivity contribution is 0.702. The Kier molecular flexibility index (Phi) is 9.38. The molecule has 0 N–H and O–H groups in total. The van der Waals surface area contributed by atoms with E-state index in [0.29, 0.717) is 15.1 Å². The second-order valence-corrected chi connectivity index (χ2v) is 4.44. The van der Waals surface area contributed by atoms with Gasteiger partial charge in [-0.2, -0.15) is 0 Å². The molecular weight excluding hydrogens is 250 g/mol. The first kappa shape index (κ1) is 15.1. The van der Waals surface area contributed by atoms with E-state index in [4.69, 9.17) is 34.8 Å². The van der Waals surface area contributed by atoms with E-state index >= 15 is 0 Å². The first-order chi connectivity index (χ1) is 7.13. The molecule has 3 heteroatoms. The lowest BCUT2D eigenvalue weighted by Crippen LogP contribution is -1.67. The van der Waals surface area contributed by atoms with E-state index in [1.165, 1.54) is 25.7 Å². The largest absolute Gasteiger partial charge is 0.0827 e. The average Bonchev–Trinajstić information content (AvgIpc) is 2.24. The van der Waals surface area contributed by atoms with Gasteiger partial charge in [-0.1, -0.05) is 80.4 Å². The number of benzene rings is 1. The van der Waals surface area contributed by atoms with Gasteiger partial charge >= 0.3 is 0 Å². The van der Waals surface area contributed by atoms with Crippen LogP contribution in [0.4, 0.5) is 0 Å². The zero-order valence-corrected chi connectivity index (χ0v) is 11.5. The molecule has 0 bridgehead atoms. The van der Waals surface area contributed by atoms with Crippen molar-refractivity contribution in [3.8, 4) is 0 Å². The van der Waals surface area contributed by atoms with Gasteiger partial charge in [0.15, 0.2) is 0 Å². The van der Waals surface area contributed by atoms with Gasteiger partial charge in [-0.25, -0.2) is 0 Å². The van der Waals surface area contributed by atoms with Gasteiger partial charge < -0.3 is 0 Å².